The summed E-state index contributed by atoms with van der Waals surface area (Å²) in [6.45, 7) is 3.23. The molecule has 1 aliphatic carbocycles. The number of aldehydes is 1. The van der Waals surface area contributed by atoms with Crippen molar-refractivity contribution in [3.8, 4) is 0 Å². The summed E-state index contributed by atoms with van der Waals surface area (Å²) in [4.78, 5) is 14.7. The van der Waals surface area contributed by atoms with E-state index in [1.54, 1.807) is 6.20 Å². The molecule has 0 atom stereocenters. The van der Waals surface area contributed by atoms with Gasteiger partial charge in [0.1, 0.15) is 0 Å². The first-order valence-corrected chi connectivity index (χ1v) is 5.20. The van der Waals surface area contributed by atoms with Gasteiger partial charge in [-0.1, -0.05) is 19.8 Å². The van der Waals surface area contributed by atoms with Gasteiger partial charge in [0.2, 0.25) is 0 Å². The minimum Gasteiger partial charge on any atom is -0.328 e. The van der Waals surface area contributed by atoms with Crippen molar-refractivity contribution in [2.75, 3.05) is 0 Å². The van der Waals surface area contributed by atoms with E-state index >= 15 is 0 Å². The van der Waals surface area contributed by atoms with Crippen LogP contribution in [0.3, 0.4) is 0 Å². The van der Waals surface area contributed by atoms with E-state index < -0.39 is 0 Å². The molecule has 3 heteroatoms. The van der Waals surface area contributed by atoms with Crippen molar-refractivity contribution in [3.05, 3.63) is 18.2 Å². The molecule has 3 nitrogen and oxygen atoms in total. The minimum absolute atomic E-state index is 0.373. The smallest absolute Gasteiger partial charge is 0.185 e. The van der Waals surface area contributed by atoms with Crippen LogP contribution in [0, 0.1) is 5.41 Å². The van der Waals surface area contributed by atoms with Crippen molar-refractivity contribution in [2.45, 2.75) is 39.2 Å². The molecule has 1 aromatic rings. The molecule has 0 amide bonds. The number of imidazole rings is 1. The third-order valence-electron chi connectivity index (χ3n) is 3.22. The minimum atomic E-state index is 0.373. The Morgan fingerprint density at radius 3 is 2.93 bits per heavy atom. The van der Waals surface area contributed by atoms with Gasteiger partial charge in [0, 0.05) is 18.9 Å². The Labute approximate surface area is 84.1 Å². The van der Waals surface area contributed by atoms with Gasteiger partial charge in [-0.05, 0) is 18.3 Å². The van der Waals surface area contributed by atoms with Crippen molar-refractivity contribution < 1.29 is 4.79 Å². The molecule has 76 valence electrons. The summed E-state index contributed by atoms with van der Waals surface area (Å²) in [6, 6.07) is 0. The van der Waals surface area contributed by atoms with Crippen LogP contribution in [0.5, 0.6) is 0 Å². The predicted molar refractivity (Wildman–Crippen MR) is 54.2 cm³/mol. The lowest BCUT2D eigenvalue weighted by Gasteiger charge is -2.24. The maximum atomic E-state index is 10.7. The number of hydrogen-bond donors (Lipinski definition) is 0. The van der Waals surface area contributed by atoms with Crippen LogP contribution in [-0.2, 0) is 6.54 Å². The third kappa shape index (κ3) is 1.72. The van der Waals surface area contributed by atoms with Gasteiger partial charge in [-0.15, -0.1) is 0 Å². The number of carbonyl (C=O) groups is 1. The molecule has 1 fully saturated rings. The molecule has 0 saturated heterocycles. The van der Waals surface area contributed by atoms with E-state index in [9.17, 15) is 4.79 Å². The molecule has 0 bridgehead atoms. The molecule has 1 saturated carbocycles. The van der Waals surface area contributed by atoms with E-state index in [0.717, 1.165) is 12.8 Å². The van der Waals surface area contributed by atoms with Crippen molar-refractivity contribution in [3.63, 3.8) is 0 Å². The second-order valence-corrected chi connectivity index (χ2v) is 4.55. The van der Waals surface area contributed by atoms with Crippen molar-refractivity contribution in [1.29, 1.82) is 0 Å². The molecular formula is C11H16N2O. The standard InChI is InChI=1S/C11H16N2O/c1-11(4-2-3-5-11)9-13-7-6-12-10(13)8-14/h6-8H,2-5,9H2,1H3. The van der Waals surface area contributed by atoms with E-state index in [1.165, 1.54) is 25.7 Å². The summed E-state index contributed by atoms with van der Waals surface area (Å²) in [6.07, 6.45) is 9.60. The lowest BCUT2D eigenvalue weighted by Crippen LogP contribution is -2.20. The van der Waals surface area contributed by atoms with Crippen LogP contribution in [-0.4, -0.2) is 15.8 Å². The Bertz CT molecular complexity index is 324. The van der Waals surface area contributed by atoms with Gasteiger partial charge >= 0.3 is 0 Å². The van der Waals surface area contributed by atoms with Gasteiger partial charge in [0.05, 0.1) is 0 Å². The Kier molecular flexibility index (Phi) is 2.40. The third-order valence-corrected chi connectivity index (χ3v) is 3.22. The van der Waals surface area contributed by atoms with Crippen LogP contribution < -0.4 is 0 Å². The molecule has 2 rings (SSSR count). The van der Waals surface area contributed by atoms with Gasteiger partial charge in [-0.2, -0.15) is 0 Å². The quantitative estimate of drug-likeness (QED) is 0.688. The first kappa shape index (κ1) is 9.44. The fourth-order valence-corrected chi connectivity index (χ4v) is 2.37. The molecule has 1 heterocycles. The van der Waals surface area contributed by atoms with Gasteiger partial charge < -0.3 is 4.57 Å². The largest absolute Gasteiger partial charge is 0.328 e. The highest BCUT2D eigenvalue weighted by Crippen LogP contribution is 2.38. The summed E-state index contributed by atoms with van der Waals surface area (Å²) >= 11 is 0. The Morgan fingerprint density at radius 1 is 1.57 bits per heavy atom. The highest BCUT2D eigenvalue weighted by atomic mass is 16.1. The zero-order valence-corrected chi connectivity index (χ0v) is 8.57. The van der Waals surface area contributed by atoms with Gasteiger partial charge in [0.15, 0.2) is 12.1 Å². The summed E-state index contributed by atoms with van der Waals surface area (Å²) in [5.41, 5.74) is 0.373. The molecule has 0 spiro atoms. The van der Waals surface area contributed by atoms with E-state index in [4.69, 9.17) is 0 Å². The second-order valence-electron chi connectivity index (χ2n) is 4.55. The summed E-state index contributed by atoms with van der Waals surface area (Å²) < 4.78 is 1.97. The zero-order valence-electron chi connectivity index (χ0n) is 8.57. The van der Waals surface area contributed by atoms with Crippen LogP contribution in [0.25, 0.3) is 0 Å². The van der Waals surface area contributed by atoms with E-state index in [-0.39, 0.29) is 0 Å². The van der Waals surface area contributed by atoms with Crippen molar-refractivity contribution in [1.82, 2.24) is 9.55 Å². The van der Waals surface area contributed by atoms with E-state index in [1.807, 2.05) is 10.8 Å². The summed E-state index contributed by atoms with van der Waals surface area (Å²) in [5, 5.41) is 0. The lowest BCUT2D eigenvalue weighted by molar-refractivity contribution is 0.110. The maximum Gasteiger partial charge on any atom is 0.185 e. The SMILES string of the molecule is CC1(Cn2ccnc2C=O)CCCC1. The highest BCUT2D eigenvalue weighted by Gasteiger charge is 2.29. The van der Waals surface area contributed by atoms with E-state index in [0.29, 0.717) is 11.2 Å². The number of nitrogens with zero attached hydrogens (tertiary/aromatic N) is 2. The van der Waals surface area contributed by atoms with Crippen LogP contribution >= 0.6 is 0 Å². The topological polar surface area (TPSA) is 34.9 Å². The molecule has 0 unspecified atom stereocenters. The first-order chi connectivity index (χ1) is 6.73. The molecule has 1 aromatic heterocycles. The maximum absolute atomic E-state index is 10.7. The molecule has 0 aliphatic heterocycles. The van der Waals surface area contributed by atoms with Crippen molar-refractivity contribution >= 4 is 6.29 Å². The number of aromatic nitrogens is 2. The monoisotopic (exact) mass is 192 g/mol. The summed E-state index contributed by atoms with van der Waals surface area (Å²) in [5.74, 6) is 0.554. The normalized spacial score (nSPS) is 19.8. The summed E-state index contributed by atoms with van der Waals surface area (Å²) in [7, 11) is 0. The van der Waals surface area contributed by atoms with E-state index in [2.05, 4.69) is 11.9 Å². The average Bonchev–Trinajstić information content (AvgIpc) is 2.75. The van der Waals surface area contributed by atoms with Crippen LogP contribution in [0.4, 0.5) is 0 Å². The first-order valence-electron chi connectivity index (χ1n) is 5.20. The van der Waals surface area contributed by atoms with Crippen LogP contribution in [0.2, 0.25) is 0 Å². The van der Waals surface area contributed by atoms with Crippen LogP contribution in [0.1, 0.15) is 43.2 Å². The molecular weight excluding hydrogens is 176 g/mol. The molecule has 0 aromatic carbocycles. The Balaban J connectivity index is 2.13. The number of hydrogen-bond acceptors (Lipinski definition) is 2. The second kappa shape index (κ2) is 3.56. The molecule has 0 N–H and O–H groups in total. The van der Waals surface area contributed by atoms with Gasteiger partial charge in [-0.3, -0.25) is 4.79 Å². The predicted octanol–water partition coefficient (Wildman–Crippen LogP) is 2.28. The number of carbonyl (C=O) groups excluding carboxylic acids is 1. The molecule has 1 aliphatic rings. The van der Waals surface area contributed by atoms with Crippen LogP contribution in [0.15, 0.2) is 12.4 Å². The lowest BCUT2D eigenvalue weighted by atomic mass is 9.89. The molecule has 14 heavy (non-hydrogen) atoms. The Morgan fingerprint density at radius 2 is 2.29 bits per heavy atom. The average molecular weight is 192 g/mol. The highest BCUT2D eigenvalue weighted by molar-refractivity contribution is 5.69. The zero-order chi connectivity index (χ0) is 10.0. The Hall–Kier alpha value is -1.12. The fraction of sp³-hybridized carbons (Fsp3) is 0.636. The van der Waals surface area contributed by atoms with Gasteiger partial charge in [-0.25, -0.2) is 4.98 Å². The fourth-order valence-electron chi connectivity index (χ4n) is 2.37. The van der Waals surface area contributed by atoms with Crippen molar-refractivity contribution in [2.24, 2.45) is 5.41 Å². The molecule has 0 radical (unpaired) electrons. The van der Waals surface area contributed by atoms with Gasteiger partial charge in [0.25, 0.3) is 0 Å². The number of rotatable bonds is 3.